The zero-order valence-electron chi connectivity index (χ0n) is 8.25. The van der Waals surface area contributed by atoms with Gasteiger partial charge in [-0.05, 0) is 25.7 Å². The third-order valence-corrected chi connectivity index (χ3v) is 2.14. The zero-order valence-corrected chi connectivity index (χ0v) is 8.25. The van der Waals surface area contributed by atoms with Crippen molar-refractivity contribution in [1.82, 2.24) is 5.32 Å². The van der Waals surface area contributed by atoms with Crippen molar-refractivity contribution in [3.8, 4) is 0 Å². The van der Waals surface area contributed by atoms with Crippen molar-refractivity contribution >= 4 is 6.09 Å². The van der Waals surface area contributed by atoms with Gasteiger partial charge in [-0.3, -0.25) is 0 Å². The molecule has 3 nitrogen and oxygen atoms in total. The van der Waals surface area contributed by atoms with E-state index in [1.165, 1.54) is 0 Å². The van der Waals surface area contributed by atoms with Crippen LogP contribution >= 0.6 is 0 Å². The van der Waals surface area contributed by atoms with Crippen molar-refractivity contribution in [2.24, 2.45) is 5.92 Å². The molecule has 1 amide bonds. The van der Waals surface area contributed by atoms with Crippen molar-refractivity contribution in [3.05, 3.63) is 12.2 Å². The Morgan fingerprint density at radius 1 is 1.69 bits per heavy atom. The van der Waals surface area contributed by atoms with Crippen molar-refractivity contribution in [3.63, 3.8) is 0 Å². The van der Waals surface area contributed by atoms with Crippen LogP contribution in [0.15, 0.2) is 12.2 Å². The minimum atomic E-state index is -0.314. The smallest absolute Gasteiger partial charge is 0.407 e. The van der Waals surface area contributed by atoms with E-state index < -0.39 is 0 Å². The van der Waals surface area contributed by atoms with E-state index >= 15 is 0 Å². The molecular formula is C10H17NO2. The molecule has 74 valence electrons. The van der Waals surface area contributed by atoms with Crippen LogP contribution in [0.25, 0.3) is 0 Å². The topological polar surface area (TPSA) is 38.3 Å². The van der Waals surface area contributed by atoms with Gasteiger partial charge >= 0.3 is 6.09 Å². The number of amides is 1. The van der Waals surface area contributed by atoms with Crippen LogP contribution in [-0.2, 0) is 4.74 Å². The van der Waals surface area contributed by atoms with Gasteiger partial charge in [0.25, 0.3) is 0 Å². The molecule has 0 aliphatic heterocycles. The highest BCUT2D eigenvalue weighted by atomic mass is 16.5. The van der Waals surface area contributed by atoms with E-state index in [-0.39, 0.29) is 12.1 Å². The van der Waals surface area contributed by atoms with E-state index in [9.17, 15) is 4.79 Å². The summed E-state index contributed by atoms with van der Waals surface area (Å²) in [6.45, 7) is 4.42. The van der Waals surface area contributed by atoms with Gasteiger partial charge in [0.2, 0.25) is 0 Å². The fourth-order valence-electron chi connectivity index (χ4n) is 1.51. The highest BCUT2D eigenvalue weighted by molar-refractivity contribution is 5.67. The summed E-state index contributed by atoms with van der Waals surface area (Å²) in [5.41, 5.74) is 0. The molecule has 1 aliphatic rings. The number of carbonyl (C=O) groups is 1. The zero-order chi connectivity index (χ0) is 9.68. The second-order valence-corrected chi connectivity index (χ2v) is 3.48. The van der Waals surface area contributed by atoms with Crippen LogP contribution in [0.3, 0.4) is 0 Å². The Bertz CT molecular complexity index is 201. The standard InChI is InChI=1S/C10H17NO2/c1-3-13-10(12)11-9-6-4-5-8(2)7-9/h4,6,8-9H,3,5,7H2,1-2H3,(H,11,12)/t8-,9-/m1/s1. The number of nitrogens with one attached hydrogen (secondary N) is 1. The van der Waals surface area contributed by atoms with E-state index in [0.717, 1.165) is 12.8 Å². The SMILES string of the molecule is CCOC(=O)N[C@@H]1C=CC[C@@H](C)C1. The second-order valence-electron chi connectivity index (χ2n) is 3.48. The lowest BCUT2D eigenvalue weighted by Crippen LogP contribution is -2.36. The summed E-state index contributed by atoms with van der Waals surface area (Å²) in [5, 5.41) is 2.80. The fraction of sp³-hybridized carbons (Fsp3) is 0.700. The molecule has 0 heterocycles. The number of carbonyl (C=O) groups excluding carboxylic acids is 1. The number of hydrogen-bond acceptors (Lipinski definition) is 2. The van der Waals surface area contributed by atoms with Crippen molar-refractivity contribution < 1.29 is 9.53 Å². The van der Waals surface area contributed by atoms with Crippen LogP contribution < -0.4 is 5.32 Å². The average Bonchev–Trinajstić information content (AvgIpc) is 2.04. The molecule has 0 fully saturated rings. The summed E-state index contributed by atoms with van der Waals surface area (Å²) in [7, 11) is 0. The van der Waals surface area contributed by atoms with Gasteiger partial charge in [-0.2, -0.15) is 0 Å². The predicted octanol–water partition coefficient (Wildman–Crippen LogP) is 2.09. The highest BCUT2D eigenvalue weighted by Crippen LogP contribution is 2.17. The molecule has 2 atom stereocenters. The number of rotatable bonds is 2. The molecule has 1 N–H and O–H groups in total. The number of ether oxygens (including phenoxy) is 1. The number of hydrogen-bond donors (Lipinski definition) is 1. The summed E-state index contributed by atoms with van der Waals surface area (Å²) < 4.78 is 4.80. The van der Waals surface area contributed by atoms with E-state index in [2.05, 4.69) is 18.3 Å². The van der Waals surface area contributed by atoms with Gasteiger partial charge in [0.15, 0.2) is 0 Å². The van der Waals surface area contributed by atoms with Gasteiger partial charge in [-0.25, -0.2) is 4.79 Å². The molecule has 0 aromatic heterocycles. The van der Waals surface area contributed by atoms with E-state index in [1.807, 2.05) is 6.08 Å². The Hall–Kier alpha value is -0.990. The highest BCUT2D eigenvalue weighted by Gasteiger charge is 2.16. The lowest BCUT2D eigenvalue weighted by Gasteiger charge is -2.22. The normalized spacial score (nSPS) is 26.9. The molecule has 0 spiro atoms. The first-order chi connectivity index (χ1) is 6.22. The van der Waals surface area contributed by atoms with Crippen LogP contribution in [0.5, 0.6) is 0 Å². The maximum atomic E-state index is 11.1. The molecule has 0 radical (unpaired) electrons. The summed E-state index contributed by atoms with van der Waals surface area (Å²) in [5.74, 6) is 0.650. The van der Waals surface area contributed by atoms with Gasteiger partial charge in [0, 0.05) is 0 Å². The molecule has 0 unspecified atom stereocenters. The van der Waals surface area contributed by atoms with Gasteiger partial charge in [0.1, 0.15) is 0 Å². The molecule has 3 heteroatoms. The van der Waals surface area contributed by atoms with Gasteiger partial charge in [-0.1, -0.05) is 19.1 Å². The number of alkyl carbamates (subject to hydrolysis) is 1. The Labute approximate surface area is 79.2 Å². The van der Waals surface area contributed by atoms with Gasteiger partial charge < -0.3 is 10.1 Å². The molecule has 1 rings (SSSR count). The van der Waals surface area contributed by atoms with Crippen LogP contribution in [-0.4, -0.2) is 18.7 Å². The van der Waals surface area contributed by atoms with Crippen molar-refractivity contribution in [1.29, 1.82) is 0 Å². The maximum Gasteiger partial charge on any atom is 0.407 e. The molecular weight excluding hydrogens is 166 g/mol. The molecule has 0 aromatic carbocycles. The minimum Gasteiger partial charge on any atom is -0.450 e. The first-order valence-electron chi connectivity index (χ1n) is 4.82. The van der Waals surface area contributed by atoms with Crippen LogP contribution in [0.1, 0.15) is 26.7 Å². The van der Waals surface area contributed by atoms with E-state index in [4.69, 9.17) is 4.74 Å². The fourth-order valence-corrected chi connectivity index (χ4v) is 1.51. The van der Waals surface area contributed by atoms with Crippen LogP contribution in [0.2, 0.25) is 0 Å². The van der Waals surface area contributed by atoms with Crippen LogP contribution in [0.4, 0.5) is 4.79 Å². The molecule has 1 aliphatic carbocycles. The van der Waals surface area contributed by atoms with Gasteiger partial charge in [0.05, 0.1) is 12.6 Å². The lowest BCUT2D eigenvalue weighted by atomic mass is 9.93. The molecule has 0 bridgehead atoms. The molecule has 0 saturated carbocycles. The predicted molar refractivity (Wildman–Crippen MR) is 51.5 cm³/mol. The maximum absolute atomic E-state index is 11.1. The Morgan fingerprint density at radius 3 is 3.08 bits per heavy atom. The van der Waals surface area contributed by atoms with Crippen molar-refractivity contribution in [2.45, 2.75) is 32.7 Å². The Balaban J connectivity index is 2.32. The minimum absolute atomic E-state index is 0.155. The summed E-state index contributed by atoms with van der Waals surface area (Å²) >= 11 is 0. The quantitative estimate of drug-likeness (QED) is 0.666. The first kappa shape index (κ1) is 10.1. The van der Waals surface area contributed by atoms with Crippen LogP contribution in [0, 0.1) is 5.92 Å². The van der Waals surface area contributed by atoms with Crippen molar-refractivity contribution in [2.75, 3.05) is 6.61 Å². The molecule has 0 aromatic rings. The van der Waals surface area contributed by atoms with Gasteiger partial charge in [-0.15, -0.1) is 0 Å². The summed E-state index contributed by atoms with van der Waals surface area (Å²) in [4.78, 5) is 11.1. The number of allylic oxidation sites excluding steroid dienone is 1. The van der Waals surface area contributed by atoms with E-state index in [0.29, 0.717) is 12.5 Å². The Morgan fingerprint density at radius 2 is 2.46 bits per heavy atom. The average molecular weight is 183 g/mol. The lowest BCUT2D eigenvalue weighted by molar-refractivity contribution is 0.148. The molecule has 0 saturated heterocycles. The Kier molecular flexibility index (Phi) is 3.80. The largest absolute Gasteiger partial charge is 0.450 e. The molecule has 13 heavy (non-hydrogen) atoms. The second kappa shape index (κ2) is 4.90. The third-order valence-electron chi connectivity index (χ3n) is 2.14. The monoisotopic (exact) mass is 183 g/mol. The summed E-state index contributed by atoms with van der Waals surface area (Å²) in [6.07, 6.45) is 5.96. The van der Waals surface area contributed by atoms with E-state index in [1.54, 1.807) is 6.92 Å². The first-order valence-corrected chi connectivity index (χ1v) is 4.82. The third kappa shape index (κ3) is 3.49. The summed E-state index contributed by atoms with van der Waals surface area (Å²) in [6, 6.07) is 0.155.